The van der Waals surface area contributed by atoms with Crippen LogP contribution in [0.25, 0.3) is 15.2 Å². The Labute approximate surface area is 134 Å². The monoisotopic (exact) mass is 325 g/mol. The molecule has 1 aromatic carbocycles. The Morgan fingerprint density at radius 3 is 2.83 bits per heavy atom. The molecule has 0 saturated carbocycles. The first-order chi connectivity index (χ1) is 11.2. The van der Waals surface area contributed by atoms with Crippen molar-refractivity contribution in [2.45, 2.75) is 0 Å². The fourth-order valence-electron chi connectivity index (χ4n) is 2.24. The van der Waals surface area contributed by atoms with Crippen molar-refractivity contribution in [3.05, 3.63) is 48.5 Å². The number of carbonyl (C=O) groups is 1. The number of fused-ring (bicyclic) bond motifs is 3. The van der Waals surface area contributed by atoms with Crippen molar-refractivity contribution in [3.63, 3.8) is 0 Å². The molecule has 8 heteroatoms. The van der Waals surface area contributed by atoms with Gasteiger partial charge in [-0.15, -0.1) is 0 Å². The highest BCUT2D eigenvalue weighted by Gasteiger charge is 2.14. The second-order valence-corrected chi connectivity index (χ2v) is 5.77. The van der Waals surface area contributed by atoms with E-state index in [1.165, 1.54) is 19.5 Å². The van der Waals surface area contributed by atoms with Gasteiger partial charge in [-0.05, 0) is 12.1 Å². The first-order valence-electron chi connectivity index (χ1n) is 6.78. The van der Waals surface area contributed by atoms with E-state index in [0.29, 0.717) is 11.4 Å². The summed E-state index contributed by atoms with van der Waals surface area (Å²) in [6, 6.07) is 8.22. The number of aromatic nitrogens is 4. The SMILES string of the molecule is COc1ncc(NC(=O)c2cn3c(n2)sc2ccccc23)cn1. The molecule has 0 aliphatic carbocycles. The van der Waals surface area contributed by atoms with Crippen molar-refractivity contribution in [3.8, 4) is 6.01 Å². The summed E-state index contributed by atoms with van der Waals surface area (Å²) in [6.07, 6.45) is 4.70. The van der Waals surface area contributed by atoms with E-state index < -0.39 is 0 Å². The van der Waals surface area contributed by atoms with Crippen molar-refractivity contribution in [1.82, 2.24) is 19.4 Å². The van der Waals surface area contributed by atoms with Gasteiger partial charge < -0.3 is 10.1 Å². The Hall–Kier alpha value is -3.00. The predicted molar refractivity (Wildman–Crippen MR) is 87.1 cm³/mol. The van der Waals surface area contributed by atoms with Crippen molar-refractivity contribution in [2.75, 3.05) is 12.4 Å². The van der Waals surface area contributed by atoms with Crippen LogP contribution in [0.5, 0.6) is 6.01 Å². The van der Waals surface area contributed by atoms with E-state index in [0.717, 1.165) is 15.2 Å². The van der Waals surface area contributed by atoms with Gasteiger partial charge in [-0.25, -0.2) is 15.0 Å². The number of amides is 1. The van der Waals surface area contributed by atoms with Crippen LogP contribution in [0.15, 0.2) is 42.9 Å². The molecule has 3 heterocycles. The van der Waals surface area contributed by atoms with Gasteiger partial charge in [0.05, 0.1) is 35.4 Å². The van der Waals surface area contributed by atoms with Crippen LogP contribution >= 0.6 is 11.3 Å². The molecular formula is C15H11N5O2S. The molecule has 1 N–H and O–H groups in total. The van der Waals surface area contributed by atoms with Crippen LogP contribution in [-0.2, 0) is 0 Å². The number of ether oxygens (including phenoxy) is 1. The highest BCUT2D eigenvalue weighted by atomic mass is 32.1. The first-order valence-corrected chi connectivity index (χ1v) is 7.60. The zero-order valence-electron chi connectivity index (χ0n) is 12.1. The van der Waals surface area contributed by atoms with Crippen molar-refractivity contribution >= 4 is 38.1 Å². The summed E-state index contributed by atoms with van der Waals surface area (Å²) in [5, 5.41) is 2.72. The van der Waals surface area contributed by atoms with E-state index >= 15 is 0 Å². The maximum absolute atomic E-state index is 12.3. The molecule has 3 aromatic heterocycles. The Balaban J connectivity index is 1.63. The van der Waals surface area contributed by atoms with E-state index in [1.54, 1.807) is 17.5 Å². The lowest BCUT2D eigenvalue weighted by molar-refractivity contribution is 0.102. The number of hydrogen-bond acceptors (Lipinski definition) is 6. The zero-order chi connectivity index (χ0) is 15.8. The number of nitrogens with zero attached hydrogens (tertiary/aromatic N) is 4. The molecule has 0 spiro atoms. The molecule has 0 saturated heterocycles. The molecule has 0 aliphatic rings. The lowest BCUT2D eigenvalue weighted by Crippen LogP contribution is -2.12. The standard InChI is InChI=1S/C15H11N5O2S/c1-22-14-16-6-9(7-17-14)18-13(21)10-8-20-11-4-2-3-5-12(11)23-15(20)19-10/h2-8H,1H3,(H,18,21). The molecule has 0 fully saturated rings. The lowest BCUT2D eigenvalue weighted by atomic mass is 10.3. The molecule has 7 nitrogen and oxygen atoms in total. The highest BCUT2D eigenvalue weighted by Crippen LogP contribution is 2.26. The average Bonchev–Trinajstić information content (AvgIpc) is 3.13. The zero-order valence-corrected chi connectivity index (χ0v) is 12.9. The minimum absolute atomic E-state index is 0.247. The van der Waals surface area contributed by atoms with Gasteiger partial charge in [0.1, 0.15) is 5.69 Å². The quantitative estimate of drug-likeness (QED) is 0.626. The van der Waals surface area contributed by atoms with Crippen LogP contribution < -0.4 is 10.1 Å². The summed E-state index contributed by atoms with van der Waals surface area (Å²) >= 11 is 1.54. The van der Waals surface area contributed by atoms with Crippen LogP contribution in [0.3, 0.4) is 0 Å². The third-order valence-corrected chi connectivity index (χ3v) is 4.34. The van der Waals surface area contributed by atoms with Crippen LogP contribution in [0.1, 0.15) is 10.5 Å². The second kappa shape index (κ2) is 5.33. The van der Waals surface area contributed by atoms with Crippen LogP contribution in [0, 0.1) is 0 Å². The van der Waals surface area contributed by atoms with E-state index in [-0.39, 0.29) is 11.9 Å². The van der Waals surface area contributed by atoms with Crippen molar-refractivity contribution < 1.29 is 9.53 Å². The van der Waals surface area contributed by atoms with Crippen LogP contribution in [0.4, 0.5) is 5.69 Å². The summed E-state index contributed by atoms with van der Waals surface area (Å²) in [5.74, 6) is -0.307. The number of para-hydroxylation sites is 1. The normalized spacial score (nSPS) is 11.0. The number of methoxy groups -OCH3 is 1. The van der Waals surface area contributed by atoms with Gasteiger partial charge in [0.15, 0.2) is 4.96 Å². The highest BCUT2D eigenvalue weighted by molar-refractivity contribution is 7.23. The predicted octanol–water partition coefficient (Wildman–Crippen LogP) is 2.60. The molecule has 0 unspecified atom stereocenters. The third kappa shape index (κ3) is 2.38. The molecule has 23 heavy (non-hydrogen) atoms. The van der Waals surface area contributed by atoms with Gasteiger partial charge in [-0.3, -0.25) is 9.20 Å². The molecular weight excluding hydrogens is 314 g/mol. The molecule has 0 radical (unpaired) electrons. The van der Waals surface area contributed by atoms with E-state index in [2.05, 4.69) is 20.3 Å². The molecule has 114 valence electrons. The van der Waals surface area contributed by atoms with Gasteiger partial charge in [0, 0.05) is 6.20 Å². The first kappa shape index (κ1) is 13.6. The minimum Gasteiger partial charge on any atom is -0.467 e. The van der Waals surface area contributed by atoms with E-state index in [4.69, 9.17) is 4.74 Å². The second-order valence-electron chi connectivity index (χ2n) is 4.76. The van der Waals surface area contributed by atoms with Crippen molar-refractivity contribution in [1.29, 1.82) is 0 Å². The number of hydrogen-bond donors (Lipinski definition) is 1. The number of rotatable bonds is 3. The fraction of sp³-hybridized carbons (Fsp3) is 0.0667. The summed E-state index contributed by atoms with van der Waals surface area (Å²) in [7, 11) is 1.48. The summed E-state index contributed by atoms with van der Waals surface area (Å²) in [5.41, 5.74) is 1.86. The number of carbonyl (C=O) groups excluding carboxylic acids is 1. The lowest BCUT2D eigenvalue weighted by Gasteiger charge is -2.02. The number of thiazole rings is 1. The van der Waals surface area contributed by atoms with Crippen molar-refractivity contribution in [2.24, 2.45) is 0 Å². The molecule has 4 aromatic rings. The number of benzene rings is 1. The maximum atomic E-state index is 12.3. The maximum Gasteiger partial charge on any atom is 0.316 e. The van der Waals surface area contributed by atoms with Gasteiger partial charge >= 0.3 is 6.01 Å². The smallest absolute Gasteiger partial charge is 0.316 e. The molecule has 0 bridgehead atoms. The Morgan fingerprint density at radius 1 is 1.26 bits per heavy atom. The van der Waals surface area contributed by atoms with Crippen LogP contribution in [0.2, 0.25) is 0 Å². The third-order valence-electron chi connectivity index (χ3n) is 3.30. The number of anilines is 1. The largest absolute Gasteiger partial charge is 0.467 e. The topological polar surface area (TPSA) is 81.4 Å². The van der Waals surface area contributed by atoms with Gasteiger partial charge in [-0.2, -0.15) is 0 Å². The number of imidazole rings is 1. The molecule has 4 rings (SSSR count). The summed E-state index contributed by atoms with van der Waals surface area (Å²) in [6.45, 7) is 0. The number of nitrogens with one attached hydrogen (secondary N) is 1. The minimum atomic E-state index is -0.307. The molecule has 0 atom stereocenters. The van der Waals surface area contributed by atoms with E-state index in [9.17, 15) is 4.79 Å². The Morgan fingerprint density at radius 2 is 2.04 bits per heavy atom. The van der Waals surface area contributed by atoms with Crippen LogP contribution in [-0.4, -0.2) is 32.4 Å². The van der Waals surface area contributed by atoms with E-state index in [1.807, 2.05) is 28.7 Å². The molecule has 0 aliphatic heterocycles. The Bertz CT molecular complexity index is 1010. The van der Waals surface area contributed by atoms with Gasteiger partial charge in [-0.1, -0.05) is 23.5 Å². The Kier molecular flexibility index (Phi) is 3.16. The summed E-state index contributed by atoms with van der Waals surface area (Å²) < 4.78 is 7.93. The fourth-order valence-corrected chi connectivity index (χ4v) is 3.25. The molecule has 1 amide bonds. The average molecular weight is 325 g/mol. The van der Waals surface area contributed by atoms with Gasteiger partial charge in [0.25, 0.3) is 5.91 Å². The van der Waals surface area contributed by atoms with Gasteiger partial charge in [0.2, 0.25) is 0 Å². The summed E-state index contributed by atoms with van der Waals surface area (Å²) in [4.78, 5) is 25.4.